The van der Waals surface area contributed by atoms with E-state index in [4.69, 9.17) is 26.9 Å². The number of carbonyl (C=O) groups is 2. The van der Waals surface area contributed by atoms with Gasteiger partial charge in [0.05, 0.1) is 17.7 Å². The summed E-state index contributed by atoms with van der Waals surface area (Å²) < 4.78 is 36.0. The number of aliphatic carboxylic acids is 1. The van der Waals surface area contributed by atoms with Crippen LogP contribution in [0.5, 0.6) is 5.88 Å². The third-order valence-electron chi connectivity index (χ3n) is 5.49. The van der Waals surface area contributed by atoms with Crippen LogP contribution in [-0.2, 0) is 21.5 Å². The highest BCUT2D eigenvalue weighted by atomic mass is 32.1. The summed E-state index contributed by atoms with van der Waals surface area (Å²) in [6.07, 6.45) is 1.29. The van der Waals surface area contributed by atoms with E-state index in [1.807, 2.05) is 27.7 Å². The first-order valence-electron chi connectivity index (χ1n) is 11.0. The molecule has 0 aliphatic carbocycles. The lowest BCUT2D eigenvalue weighted by Crippen LogP contribution is -2.35. The molecular weight excluding hydrogens is 492 g/mol. The maximum Gasteiger partial charge on any atom is 0.307 e. The number of hydrogen-bond donors (Lipinski definition) is 3. The third-order valence-corrected chi connectivity index (χ3v) is 5.76. The van der Waals surface area contributed by atoms with Crippen molar-refractivity contribution in [2.45, 2.75) is 52.5 Å². The number of hydrogen-bond acceptors (Lipinski definition) is 5. The molecule has 0 radical (unpaired) electrons. The van der Waals surface area contributed by atoms with E-state index in [0.29, 0.717) is 27.9 Å². The van der Waals surface area contributed by atoms with E-state index in [1.165, 1.54) is 18.3 Å². The van der Waals surface area contributed by atoms with E-state index >= 15 is 0 Å². The summed E-state index contributed by atoms with van der Waals surface area (Å²) in [5.74, 6) is -1.69. The predicted molar refractivity (Wildman–Crippen MR) is 133 cm³/mol. The second kappa shape index (κ2) is 11.9. The number of nitrogens with zero attached hydrogens (tertiary/aromatic N) is 2. The number of benzene rings is 1. The fourth-order valence-corrected chi connectivity index (χ4v) is 4.09. The SMILES string of the molecule is Cc1c(F)c(=S)[nH]n1C(C)(C)COc1cc(-c2cc(F)cc(C(C)C)c2CC(=O)O)ccn1.O=CO. The molecule has 8 nitrogen and oxygen atoms in total. The molecule has 11 heteroatoms. The highest BCUT2D eigenvalue weighted by Gasteiger charge is 2.26. The highest BCUT2D eigenvalue weighted by molar-refractivity contribution is 7.71. The van der Waals surface area contributed by atoms with Gasteiger partial charge in [-0.05, 0) is 67.1 Å². The van der Waals surface area contributed by atoms with Crippen molar-refractivity contribution in [2.75, 3.05) is 6.61 Å². The molecule has 1 aromatic carbocycles. The standard InChI is InChI=1S/C24H27F2N3O3S.CH2O2/c1-13(2)17-9-16(25)10-18(19(17)11-21(30)31)15-6-7-27-20(8-15)32-12-24(4,5)29-14(3)22(26)23(33)28-29;2-1-3/h6-10,13H,11-12H2,1-5H3,(H,28,33)(H,30,31);1H,(H,2,3). The van der Waals surface area contributed by atoms with Crippen LogP contribution in [0.4, 0.5) is 8.78 Å². The van der Waals surface area contributed by atoms with Crippen LogP contribution >= 0.6 is 12.2 Å². The zero-order valence-corrected chi connectivity index (χ0v) is 21.4. The summed E-state index contributed by atoms with van der Waals surface area (Å²) in [5, 5.41) is 19.1. The smallest absolute Gasteiger partial charge is 0.307 e. The molecule has 0 atom stereocenters. The lowest BCUT2D eigenvalue weighted by atomic mass is 9.88. The van der Waals surface area contributed by atoms with Gasteiger partial charge in [-0.2, -0.15) is 0 Å². The molecule has 0 aliphatic heterocycles. The Morgan fingerprint density at radius 2 is 1.94 bits per heavy atom. The molecule has 0 saturated heterocycles. The fourth-order valence-electron chi connectivity index (χ4n) is 3.85. The van der Waals surface area contributed by atoms with Gasteiger partial charge in [0.1, 0.15) is 12.4 Å². The summed E-state index contributed by atoms with van der Waals surface area (Å²) >= 11 is 4.98. The van der Waals surface area contributed by atoms with Gasteiger partial charge in [0, 0.05) is 12.3 Å². The van der Waals surface area contributed by atoms with Crippen molar-refractivity contribution < 1.29 is 33.3 Å². The van der Waals surface area contributed by atoms with Gasteiger partial charge in [0.15, 0.2) is 10.5 Å². The summed E-state index contributed by atoms with van der Waals surface area (Å²) in [6.45, 7) is 9.03. The average Bonchev–Trinajstić information content (AvgIpc) is 3.07. The molecule has 194 valence electrons. The molecule has 36 heavy (non-hydrogen) atoms. The third kappa shape index (κ3) is 6.75. The van der Waals surface area contributed by atoms with Gasteiger partial charge in [0.2, 0.25) is 5.88 Å². The molecule has 3 rings (SSSR count). The minimum Gasteiger partial charge on any atom is -0.483 e. The molecule has 0 spiro atoms. The number of nitrogens with one attached hydrogen (secondary N) is 1. The molecule has 0 unspecified atom stereocenters. The zero-order chi connectivity index (χ0) is 27.2. The van der Waals surface area contributed by atoms with Gasteiger partial charge >= 0.3 is 5.97 Å². The number of ether oxygens (including phenoxy) is 1. The summed E-state index contributed by atoms with van der Waals surface area (Å²) in [6, 6.07) is 6.05. The van der Waals surface area contributed by atoms with Crippen LogP contribution in [0.25, 0.3) is 11.1 Å². The van der Waals surface area contributed by atoms with Crippen LogP contribution in [0.2, 0.25) is 0 Å². The van der Waals surface area contributed by atoms with Crippen molar-refractivity contribution in [3.8, 4) is 17.0 Å². The van der Waals surface area contributed by atoms with Gasteiger partial charge in [-0.15, -0.1) is 0 Å². The molecule has 0 aliphatic rings. The Kier molecular flexibility index (Phi) is 9.46. The minimum atomic E-state index is -0.997. The maximum atomic E-state index is 14.4. The molecule has 3 aromatic rings. The number of rotatable bonds is 8. The summed E-state index contributed by atoms with van der Waals surface area (Å²) in [7, 11) is 0. The van der Waals surface area contributed by atoms with Crippen LogP contribution in [0.1, 0.15) is 50.4 Å². The number of aromatic amines is 1. The highest BCUT2D eigenvalue weighted by Crippen LogP contribution is 2.33. The predicted octanol–water partition coefficient (Wildman–Crippen LogP) is 5.46. The number of carboxylic acid groups (broad SMARTS) is 2. The summed E-state index contributed by atoms with van der Waals surface area (Å²) in [5.41, 5.74) is 1.99. The first-order valence-corrected chi connectivity index (χ1v) is 11.4. The van der Waals surface area contributed by atoms with Gasteiger partial charge in [-0.1, -0.05) is 26.1 Å². The Balaban J connectivity index is 0.00000145. The largest absolute Gasteiger partial charge is 0.483 e. The second-order valence-electron chi connectivity index (χ2n) is 9.01. The minimum absolute atomic E-state index is 0.0266. The van der Waals surface area contributed by atoms with Gasteiger partial charge in [0.25, 0.3) is 6.47 Å². The van der Waals surface area contributed by atoms with Crippen molar-refractivity contribution in [1.82, 2.24) is 14.8 Å². The number of carboxylic acids is 1. The van der Waals surface area contributed by atoms with Crippen molar-refractivity contribution in [3.05, 3.63) is 63.6 Å². The van der Waals surface area contributed by atoms with E-state index in [1.54, 1.807) is 23.7 Å². The fraction of sp³-hybridized carbons (Fsp3) is 0.360. The maximum absolute atomic E-state index is 14.4. The van der Waals surface area contributed by atoms with Crippen LogP contribution in [0.15, 0.2) is 30.5 Å². The zero-order valence-electron chi connectivity index (χ0n) is 20.6. The van der Waals surface area contributed by atoms with Crippen LogP contribution < -0.4 is 4.74 Å². The number of pyridine rings is 1. The Hall–Kier alpha value is -3.60. The van der Waals surface area contributed by atoms with Crippen LogP contribution in [0, 0.1) is 23.2 Å². The molecule has 0 saturated carbocycles. The first-order chi connectivity index (χ1) is 16.8. The topological polar surface area (TPSA) is 117 Å². The van der Waals surface area contributed by atoms with Crippen molar-refractivity contribution in [2.24, 2.45) is 0 Å². The van der Waals surface area contributed by atoms with E-state index in [2.05, 4.69) is 10.1 Å². The van der Waals surface area contributed by atoms with E-state index < -0.39 is 23.1 Å². The Morgan fingerprint density at radius 3 is 2.47 bits per heavy atom. The number of halogens is 2. The average molecular weight is 522 g/mol. The molecule has 2 aromatic heterocycles. The van der Waals surface area contributed by atoms with Crippen molar-refractivity contribution >= 4 is 24.7 Å². The van der Waals surface area contributed by atoms with Crippen LogP contribution in [0.3, 0.4) is 0 Å². The normalized spacial score (nSPS) is 11.1. The van der Waals surface area contributed by atoms with Gasteiger partial charge in [-0.3, -0.25) is 19.4 Å². The van der Waals surface area contributed by atoms with E-state index in [-0.39, 0.29) is 35.9 Å². The Morgan fingerprint density at radius 1 is 1.31 bits per heavy atom. The Bertz CT molecular complexity index is 1300. The Labute approximate surface area is 212 Å². The van der Waals surface area contributed by atoms with E-state index in [9.17, 15) is 18.7 Å². The quantitative estimate of drug-likeness (QED) is 0.266. The molecule has 0 fully saturated rings. The molecular formula is C25H29F2N3O5S. The molecule has 2 heterocycles. The molecule has 0 amide bonds. The molecule has 0 bridgehead atoms. The first kappa shape index (κ1) is 28.6. The van der Waals surface area contributed by atoms with Gasteiger partial charge < -0.3 is 14.9 Å². The molecule has 3 N–H and O–H groups in total. The second-order valence-corrected chi connectivity index (χ2v) is 9.42. The van der Waals surface area contributed by atoms with Gasteiger partial charge in [-0.25, -0.2) is 13.8 Å². The lowest BCUT2D eigenvalue weighted by molar-refractivity contribution is -0.136. The lowest BCUT2D eigenvalue weighted by Gasteiger charge is -2.27. The van der Waals surface area contributed by atoms with Crippen molar-refractivity contribution in [3.63, 3.8) is 0 Å². The van der Waals surface area contributed by atoms with Crippen LogP contribution in [-0.4, -0.2) is 44.0 Å². The summed E-state index contributed by atoms with van der Waals surface area (Å²) in [4.78, 5) is 24.1. The van der Waals surface area contributed by atoms with Crippen molar-refractivity contribution in [1.29, 1.82) is 0 Å². The number of aromatic nitrogens is 3. The monoisotopic (exact) mass is 521 g/mol. The van der Waals surface area contributed by atoms with E-state index in [0.717, 1.165) is 0 Å². The number of H-pyrrole nitrogens is 1.